The summed E-state index contributed by atoms with van der Waals surface area (Å²) in [5, 5.41) is 0. The van der Waals surface area contributed by atoms with Crippen LogP contribution in [0.4, 0.5) is 5.69 Å². The van der Waals surface area contributed by atoms with Gasteiger partial charge in [-0.2, -0.15) is 0 Å². The molecule has 0 aromatic heterocycles. The van der Waals surface area contributed by atoms with Crippen LogP contribution < -0.4 is 10.6 Å². The van der Waals surface area contributed by atoms with E-state index < -0.39 is 0 Å². The van der Waals surface area contributed by atoms with E-state index in [-0.39, 0.29) is 0 Å². The second-order valence-corrected chi connectivity index (χ2v) is 13.6. The third-order valence-electron chi connectivity index (χ3n) is 9.94. The lowest BCUT2D eigenvalue weighted by Crippen LogP contribution is -2.29. The molecular weight excluding hydrogens is 593 g/mol. The molecule has 0 fully saturated rings. The van der Waals surface area contributed by atoms with Gasteiger partial charge in [0.2, 0.25) is 0 Å². The standard InChI is InChI=1S/C47H50N2/c1-5-8-44-39(12-7-10-36-17-13-34(2)14-18-36)27-28-43(31-32-48)47(44)42-25-19-37(20-26-42)9-6-11-38-21-24-41-29-30-45(49(4)46(41)33-38)40-22-15-35(3)16-23-40/h6-7,11-28,31-33,45H,5,8-10,29-30,48H2,1-4H3/b11-6-,12-7-,32-31-. The van der Waals surface area contributed by atoms with Crippen molar-refractivity contribution in [1.82, 2.24) is 0 Å². The fourth-order valence-corrected chi connectivity index (χ4v) is 7.18. The molecule has 2 nitrogen and oxygen atoms in total. The molecule has 0 aliphatic carbocycles. The number of rotatable bonds is 11. The van der Waals surface area contributed by atoms with Gasteiger partial charge in [-0.05, 0) is 120 Å². The number of nitrogens with zero attached hydrogens (tertiary/aromatic N) is 1. The molecule has 5 aromatic carbocycles. The number of hydrogen-bond donors (Lipinski definition) is 1. The predicted octanol–water partition coefficient (Wildman–Crippen LogP) is 11.5. The van der Waals surface area contributed by atoms with E-state index in [9.17, 15) is 0 Å². The van der Waals surface area contributed by atoms with Crippen LogP contribution in [0.25, 0.3) is 29.4 Å². The zero-order chi connectivity index (χ0) is 34.2. The van der Waals surface area contributed by atoms with Crippen molar-refractivity contribution >= 4 is 23.9 Å². The van der Waals surface area contributed by atoms with Crippen LogP contribution in [-0.2, 0) is 25.7 Å². The van der Waals surface area contributed by atoms with Gasteiger partial charge < -0.3 is 10.6 Å². The summed E-state index contributed by atoms with van der Waals surface area (Å²) in [4.78, 5) is 2.47. The molecule has 1 heterocycles. The summed E-state index contributed by atoms with van der Waals surface area (Å²) in [5.41, 5.74) is 23.0. The van der Waals surface area contributed by atoms with Crippen molar-refractivity contribution in [1.29, 1.82) is 0 Å². The number of anilines is 1. The second kappa shape index (κ2) is 15.9. The lowest BCUT2D eigenvalue weighted by Gasteiger charge is -2.36. The third kappa shape index (κ3) is 8.15. The van der Waals surface area contributed by atoms with E-state index in [1.165, 1.54) is 66.9 Å². The zero-order valence-corrected chi connectivity index (χ0v) is 29.6. The number of benzene rings is 5. The first-order valence-electron chi connectivity index (χ1n) is 17.9. The quantitative estimate of drug-likeness (QED) is 0.155. The zero-order valence-electron chi connectivity index (χ0n) is 29.6. The summed E-state index contributed by atoms with van der Waals surface area (Å²) in [6, 6.07) is 38.8. The maximum atomic E-state index is 5.93. The number of allylic oxidation sites excluding steroid dienone is 2. The van der Waals surface area contributed by atoms with E-state index >= 15 is 0 Å². The highest BCUT2D eigenvalue weighted by molar-refractivity contribution is 5.82. The maximum Gasteiger partial charge on any atom is 0.0542 e. The van der Waals surface area contributed by atoms with Gasteiger partial charge in [-0.25, -0.2) is 0 Å². The number of nitrogens with two attached hydrogens (primary N) is 1. The number of aryl methyl sites for hydroxylation is 3. The molecule has 0 bridgehead atoms. The summed E-state index contributed by atoms with van der Waals surface area (Å²) in [7, 11) is 2.25. The van der Waals surface area contributed by atoms with Crippen LogP contribution in [0.3, 0.4) is 0 Å². The van der Waals surface area contributed by atoms with Crippen molar-refractivity contribution in [2.75, 3.05) is 11.9 Å². The summed E-state index contributed by atoms with van der Waals surface area (Å²) in [6.07, 6.45) is 19.0. The van der Waals surface area contributed by atoms with E-state index in [2.05, 4.69) is 160 Å². The Bertz CT molecular complexity index is 1940. The minimum absolute atomic E-state index is 0.417. The molecular formula is C47H50N2. The van der Waals surface area contributed by atoms with E-state index in [1.807, 2.05) is 6.08 Å². The van der Waals surface area contributed by atoms with E-state index in [4.69, 9.17) is 5.73 Å². The average molecular weight is 643 g/mol. The van der Waals surface area contributed by atoms with Crippen LogP contribution in [0.1, 0.15) is 81.4 Å². The van der Waals surface area contributed by atoms with Crippen molar-refractivity contribution in [3.63, 3.8) is 0 Å². The van der Waals surface area contributed by atoms with Crippen molar-refractivity contribution in [3.8, 4) is 11.1 Å². The first kappa shape index (κ1) is 33.8. The topological polar surface area (TPSA) is 29.3 Å². The van der Waals surface area contributed by atoms with Crippen LogP contribution in [0.5, 0.6) is 0 Å². The molecule has 0 saturated heterocycles. The van der Waals surface area contributed by atoms with Gasteiger partial charge in [0.15, 0.2) is 0 Å². The molecule has 2 N–H and O–H groups in total. The minimum atomic E-state index is 0.417. The average Bonchev–Trinajstić information content (AvgIpc) is 3.11. The minimum Gasteiger partial charge on any atom is -0.405 e. The molecule has 1 aliphatic heterocycles. The third-order valence-corrected chi connectivity index (χ3v) is 9.94. The lowest BCUT2D eigenvalue weighted by atomic mass is 9.87. The summed E-state index contributed by atoms with van der Waals surface area (Å²) in [6.45, 7) is 6.55. The molecule has 0 amide bonds. The van der Waals surface area contributed by atoms with E-state index in [0.717, 1.165) is 44.1 Å². The van der Waals surface area contributed by atoms with Crippen LogP contribution in [0, 0.1) is 13.8 Å². The normalized spacial score (nSPS) is 14.7. The molecule has 0 radical (unpaired) electrons. The van der Waals surface area contributed by atoms with Crippen molar-refractivity contribution in [2.24, 2.45) is 5.73 Å². The van der Waals surface area contributed by atoms with Crippen LogP contribution in [0.2, 0.25) is 0 Å². The van der Waals surface area contributed by atoms with Gasteiger partial charge in [-0.3, -0.25) is 0 Å². The first-order valence-corrected chi connectivity index (χ1v) is 17.9. The fourth-order valence-electron chi connectivity index (χ4n) is 7.18. The molecule has 49 heavy (non-hydrogen) atoms. The molecule has 6 rings (SSSR count). The van der Waals surface area contributed by atoms with Crippen LogP contribution in [0.15, 0.2) is 121 Å². The Morgan fingerprint density at radius 1 is 0.714 bits per heavy atom. The van der Waals surface area contributed by atoms with Crippen molar-refractivity contribution in [3.05, 3.63) is 177 Å². The Balaban J connectivity index is 1.18. The van der Waals surface area contributed by atoms with Gasteiger partial charge in [-0.15, -0.1) is 0 Å². The van der Waals surface area contributed by atoms with E-state index in [1.54, 1.807) is 6.20 Å². The molecule has 1 aliphatic rings. The maximum absolute atomic E-state index is 5.93. The summed E-state index contributed by atoms with van der Waals surface area (Å²) in [5.74, 6) is 0. The lowest BCUT2D eigenvalue weighted by molar-refractivity contribution is 0.584. The van der Waals surface area contributed by atoms with Gasteiger partial charge in [0.1, 0.15) is 0 Å². The first-order chi connectivity index (χ1) is 23.9. The predicted molar refractivity (Wildman–Crippen MR) is 213 cm³/mol. The highest BCUT2D eigenvalue weighted by Crippen LogP contribution is 2.38. The fraction of sp³-hybridized carbons (Fsp3) is 0.234. The van der Waals surface area contributed by atoms with Gasteiger partial charge in [0.05, 0.1) is 6.04 Å². The number of fused-ring (bicyclic) bond motifs is 1. The summed E-state index contributed by atoms with van der Waals surface area (Å²) < 4.78 is 0. The smallest absolute Gasteiger partial charge is 0.0542 e. The van der Waals surface area contributed by atoms with Gasteiger partial charge in [0, 0.05) is 12.7 Å². The molecule has 1 atom stereocenters. The Hall–Kier alpha value is -5.08. The van der Waals surface area contributed by atoms with E-state index in [0.29, 0.717) is 6.04 Å². The molecule has 2 heteroatoms. The molecule has 5 aromatic rings. The highest BCUT2D eigenvalue weighted by atomic mass is 15.1. The Morgan fingerprint density at radius 3 is 2.02 bits per heavy atom. The SMILES string of the molecule is CCCc1c(/C=C\Cc2ccc(C)cc2)ccc(/C=C\N)c1-c1ccc(C/C=C\c2ccc3c(c2)N(C)C(c2ccc(C)cc2)CC3)cc1. The highest BCUT2D eigenvalue weighted by Gasteiger charge is 2.24. The number of hydrogen-bond acceptors (Lipinski definition) is 2. The van der Waals surface area contributed by atoms with Crippen LogP contribution >= 0.6 is 0 Å². The Kier molecular flexibility index (Phi) is 11.0. The molecule has 1 unspecified atom stereocenters. The van der Waals surface area contributed by atoms with Crippen molar-refractivity contribution in [2.45, 2.75) is 65.3 Å². The largest absolute Gasteiger partial charge is 0.405 e. The molecule has 0 spiro atoms. The van der Waals surface area contributed by atoms with Gasteiger partial charge in [-0.1, -0.05) is 146 Å². The summed E-state index contributed by atoms with van der Waals surface area (Å²) >= 11 is 0. The second-order valence-electron chi connectivity index (χ2n) is 13.6. The van der Waals surface area contributed by atoms with Gasteiger partial charge >= 0.3 is 0 Å². The van der Waals surface area contributed by atoms with Crippen molar-refractivity contribution < 1.29 is 0 Å². The van der Waals surface area contributed by atoms with Gasteiger partial charge in [0.25, 0.3) is 0 Å². The van der Waals surface area contributed by atoms with Crippen LogP contribution in [-0.4, -0.2) is 7.05 Å². The Morgan fingerprint density at radius 2 is 1.35 bits per heavy atom. The molecule has 0 saturated carbocycles. The Labute approximate surface area is 294 Å². The monoisotopic (exact) mass is 642 g/mol. The molecule has 248 valence electrons.